The number of hydrogen-bond donors (Lipinski definition) is 3. The second kappa shape index (κ2) is 9.79. The first-order valence-corrected chi connectivity index (χ1v) is 9.37. The van der Waals surface area contributed by atoms with Crippen molar-refractivity contribution in [1.82, 2.24) is 10.6 Å². The zero-order valence-corrected chi connectivity index (χ0v) is 15.7. The highest BCUT2D eigenvalue weighted by atomic mass is 79.9. The molecule has 0 aliphatic carbocycles. The highest BCUT2D eigenvalue weighted by Gasteiger charge is 2.14. The maximum atomic E-state index is 12.0. The Hall–Kier alpha value is -1.40. The first kappa shape index (κ1) is 18.9. The van der Waals surface area contributed by atoms with E-state index < -0.39 is 0 Å². The van der Waals surface area contributed by atoms with E-state index in [2.05, 4.69) is 31.9 Å². The van der Waals surface area contributed by atoms with Crippen molar-refractivity contribution in [1.29, 1.82) is 0 Å². The van der Waals surface area contributed by atoms with Crippen molar-refractivity contribution in [3.63, 3.8) is 0 Å². The van der Waals surface area contributed by atoms with Crippen molar-refractivity contribution >= 4 is 33.4 Å². The largest absolute Gasteiger partial charge is 0.356 e. The topological polar surface area (TPSA) is 70.2 Å². The van der Waals surface area contributed by atoms with Crippen molar-refractivity contribution in [3.8, 4) is 0 Å². The standard InChI is InChI=1S/C18H26BrN3O2/c1-13-12-15(19)3-4-16(13)22-18(24)8-11-21-17(23)5-2-14-6-9-20-10-7-14/h3-4,12,14,20H,2,5-11H2,1H3,(H,21,23)(H,22,24). The van der Waals surface area contributed by atoms with E-state index in [1.54, 1.807) is 0 Å². The van der Waals surface area contributed by atoms with E-state index in [1.165, 1.54) is 0 Å². The average Bonchev–Trinajstić information content (AvgIpc) is 2.56. The molecule has 0 aromatic heterocycles. The normalized spacial score (nSPS) is 15.1. The van der Waals surface area contributed by atoms with Crippen LogP contribution >= 0.6 is 15.9 Å². The summed E-state index contributed by atoms with van der Waals surface area (Å²) >= 11 is 3.40. The van der Waals surface area contributed by atoms with Crippen molar-refractivity contribution in [3.05, 3.63) is 28.2 Å². The van der Waals surface area contributed by atoms with E-state index in [9.17, 15) is 9.59 Å². The Morgan fingerprint density at radius 2 is 1.96 bits per heavy atom. The Balaban J connectivity index is 1.62. The highest BCUT2D eigenvalue weighted by Crippen LogP contribution is 2.20. The number of amides is 2. The molecular weight excluding hydrogens is 370 g/mol. The minimum Gasteiger partial charge on any atom is -0.356 e. The summed E-state index contributed by atoms with van der Waals surface area (Å²) in [6, 6.07) is 5.72. The van der Waals surface area contributed by atoms with Crippen LogP contribution in [-0.2, 0) is 9.59 Å². The first-order valence-electron chi connectivity index (χ1n) is 8.58. The van der Waals surface area contributed by atoms with Crippen LogP contribution in [0.2, 0.25) is 0 Å². The number of halogens is 1. The van der Waals surface area contributed by atoms with Gasteiger partial charge in [-0.3, -0.25) is 9.59 Å². The Kier molecular flexibility index (Phi) is 7.72. The third-order valence-electron chi connectivity index (χ3n) is 4.38. The molecule has 1 fully saturated rings. The van der Waals surface area contributed by atoms with Gasteiger partial charge in [0.15, 0.2) is 0 Å². The van der Waals surface area contributed by atoms with E-state index >= 15 is 0 Å². The van der Waals surface area contributed by atoms with Crippen molar-refractivity contribution in [2.24, 2.45) is 5.92 Å². The van der Waals surface area contributed by atoms with Gasteiger partial charge >= 0.3 is 0 Å². The van der Waals surface area contributed by atoms with Gasteiger partial charge in [0.25, 0.3) is 0 Å². The van der Waals surface area contributed by atoms with Gasteiger partial charge in [-0.05, 0) is 69.0 Å². The molecule has 5 nitrogen and oxygen atoms in total. The molecule has 0 bridgehead atoms. The van der Waals surface area contributed by atoms with Crippen LogP contribution in [0, 0.1) is 12.8 Å². The third kappa shape index (κ3) is 6.61. The molecule has 3 N–H and O–H groups in total. The molecule has 0 spiro atoms. The van der Waals surface area contributed by atoms with Gasteiger partial charge in [0.2, 0.25) is 11.8 Å². The quantitative estimate of drug-likeness (QED) is 0.664. The lowest BCUT2D eigenvalue weighted by molar-refractivity contribution is -0.121. The van der Waals surface area contributed by atoms with Crippen molar-refractivity contribution in [2.75, 3.05) is 25.0 Å². The second-order valence-electron chi connectivity index (χ2n) is 6.34. The first-order chi connectivity index (χ1) is 11.5. The third-order valence-corrected chi connectivity index (χ3v) is 4.87. The molecule has 6 heteroatoms. The lowest BCUT2D eigenvalue weighted by atomic mass is 9.93. The minimum atomic E-state index is -0.0842. The molecule has 2 rings (SSSR count). The van der Waals surface area contributed by atoms with Crippen LogP contribution in [0.3, 0.4) is 0 Å². The van der Waals surface area contributed by atoms with E-state index in [4.69, 9.17) is 0 Å². The van der Waals surface area contributed by atoms with Crippen LogP contribution in [0.1, 0.15) is 37.7 Å². The Morgan fingerprint density at radius 1 is 1.21 bits per heavy atom. The molecule has 1 heterocycles. The molecule has 24 heavy (non-hydrogen) atoms. The molecule has 0 saturated carbocycles. The van der Waals surface area contributed by atoms with Crippen LogP contribution in [0.25, 0.3) is 0 Å². The van der Waals surface area contributed by atoms with Crippen LogP contribution in [-0.4, -0.2) is 31.4 Å². The van der Waals surface area contributed by atoms with Gasteiger partial charge in [-0.1, -0.05) is 15.9 Å². The monoisotopic (exact) mass is 395 g/mol. The number of carbonyl (C=O) groups is 2. The number of anilines is 1. The second-order valence-corrected chi connectivity index (χ2v) is 7.26. The number of benzene rings is 1. The van der Waals surface area contributed by atoms with E-state index in [0.29, 0.717) is 18.9 Å². The average molecular weight is 396 g/mol. The fourth-order valence-corrected chi connectivity index (χ4v) is 3.37. The molecule has 132 valence electrons. The van der Waals surface area contributed by atoms with E-state index in [0.717, 1.165) is 48.1 Å². The number of nitrogens with one attached hydrogen (secondary N) is 3. The molecule has 0 atom stereocenters. The predicted molar refractivity (Wildman–Crippen MR) is 100.0 cm³/mol. The molecular formula is C18H26BrN3O2. The lowest BCUT2D eigenvalue weighted by Gasteiger charge is -2.22. The molecule has 1 aliphatic heterocycles. The number of hydrogen-bond acceptors (Lipinski definition) is 3. The van der Waals surface area contributed by atoms with Crippen molar-refractivity contribution in [2.45, 2.75) is 39.0 Å². The lowest BCUT2D eigenvalue weighted by Crippen LogP contribution is -2.30. The maximum absolute atomic E-state index is 12.0. The Bertz CT molecular complexity index is 571. The Morgan fingerprint density at radius 3 is 2.67 bits per heavy atom. The van der Waals surface area contributed by atoms with Crippen molar-refractivity contribution < 1.29 is 9.59 Å². The summed E-state index contributed by atoms with van der Waals surface area (Å²) < 4.78 is 0.985. The highest BCUT2D eigenvalue weighted by molar-refractivity contribution is 9.10. The number of piperidine rings is 1. The fraction of sp³-hybridized carbons (Fsp3) is 0.556. The summed E-state index contributed by atoms with van der Waals surface area (Å²) in [5, 5.41) is 9.04. The molecule has 1 aromatic rings. The van der Waals surface area contributed by atoms with Gasteiger partial charge in [0.05, 0.1) is 0 Å². The van der Waals surface area contributed by atoms with Crippen LogP contribution < -0.4 is 16.0 Å². The summed E-state index contributed by atoms with van der Waals surface area (Å²) in [5.74, 6) is 0.612. The van der Waals surface area contributed by atoms with Gasteiger partial charge in [0, 0.05) is 29.5 Å². The Labute approximate surface area is 152 Å². The molecule has 2 amide bonds. The van der Waals surface area contributed by atoms with Gasteiger partial charge in [-0.25, -0.2) is 0 Å². The van der Waals surface area contributed by atoms with Crippen LogP contribution in [0.5, 0.6) is 0 Å². The molecule has 0 radical (unpaired) electrons. The van der Waals surface area contributed by atoms with Gasteiger partial charge < -0.3 is 16.0 Å². The summed E-state index contributed by atoms with van der Waals surface area (Å²) in [4.78, 5) is 23.8. The summed E-state index contributed by atoms with van der Waals surface area (Å²) in [6.45, 7) is 4.44. The van der Waals surface area contributed by atoms with Gasteiger partial charge in [-0.15, -0.1) is 0 Å². The number of carbonyl (C=O) groups excluding carboxylic acids is 2. The molecule has 1 saturated heterocycles. The zero-order valence-electron chi connectivity index (χ0n) is 14.2. The van der Waals surface area contributed by atoms with E-state index in [-0.39, 0.29) is 18.2 Å². The van der Waals surface area contributed by atoms with Crippen LogP contribution in [0.4, 0.5) is 5.69 Å². The van der Waals surface area contributed by atoms with Gasteiger partial charge in [-0.2, -0.15) is 0 Å². The summed E-state index contributed by atoms with van der Waals surface area (Å²) in [7, 11) is 0. The minimum absolute atomic E-state index is 0.0427. The predicted octanol–water partition coefficient (Wildman–Crippen LogP) is 2.98. The molecule has 1 aliphatic rings. The SMILES string of the molecule is Cc1cc(Br)ccc1NC(=O)CCNC(=O)CCC1CCNCC1. The van der Waals surface area contributed by atoms with Gasteiger partial charge in [0.1, 0.15) is 0 Å². The summed E-state index contributed by atoms with van der Waals surface area (Å²) in [6.07, 6.45) is 4.09. The number of rotatable bonds is 7. The number of aryl methyl sites for hydroxylation is 1. The maximum Gasteiger partial charge on any atom is 0.226 e. The van der Waals surface area contributed by atoms with E-state index in [1.807, 2.05) is 25.1 Å². The fourth-order valence-electron chi connectivity index (χ4n) is 2.89. The smallest absolute Gasteiger partial charge is 0.226 e. The molecule has 0 unspecified atom stereocenters. The van der Waals surface area contributed by atoms with Crippen LogP contribution in [0.15, 0.2) is 22.7 Å². The summed E-state index contributed by atoms with van der Waals surface area (Å²) in [5.41, 5.74) is 1.81. The molecule has 1 aromatic carbocycles. The zero-order chi connectivity index (χ0) is 17.4.